The van der Waals surface area contributed by atoms with Crippen LogP contribution in [0.25, 0.3) is 0 Å². The lowest BCUT2D eigenvalue weighted by Crippen LogP contribution is -1.86. The first-order valence-electron chi connectivity index (χ1n) is 2.51. The van der Waals surface area contributed by atoms with Crippen LogP contribution < -0.4 is 5.32 Å². The third-order valence-electron chi connectivity index (χ3n) is 0.950. The van der Waals surface area contributed by atoms with E-state index in [0.717, 1.165) is 5.69 Å². The topological polar surface area (TPSA) is 24.9 Å². The number of nitrogens with zero attached hydrogens (tertiary/aromatic N) is 1. The number of hydrogen-bond donors (Lipinski definition) is 1. The van der Waals surface area contributed by atoms with Gasteiger partial charge < -0.3 is 5.32 Å². The van der Waals surface area contributed by atoms with Crippen molar-refractivity contribution in [1.82, 2.24) is 4.98 Å². The number of anilines is 1. The van der Waals surface area contributed by atoms with E-state index in [0.29, 0.717) is 0 Å². The van der Waals surface area contributed by atoms with Crippen molar-refractivity contribution in [2.24, 2.45) is 0 Å². The van der Waals surface area contributed by atoms with E-state index < -0.39 is 0 Å². The van der Waals surface area contributed by atoms with Gasteiger partial charge in [0.05, 0.1) is 5.69 Å². The summed E-state index contributed by atoms with van der Waals surface area (Å²) in [5, 5.41) is 2.96. The normalized spacial score (nSPS) is 7.67. The van der Waals surface area contributed by atoms with Gasteiger partial charge in [0, 0.05) is 19.4 Å². The maximum absolute atomic E-state index is 3.89. The summed E-state index contributed by atoms with van der Waals surface area (Å²) in [6.07, 6.45) is 3.53. The zero-order chi connectivity index (χ0) is 5.82. The van der Waals surface area contributed by atoms with Crippen LogP contribution >= 0.6 is 24.0 Å². The summed E-state index contributed by atoms with van der Waals surface area (Å²) in [5.41, 5.74) is 1.05. The van der Waals surface area contributed by atoms with Gasteiger partial charge in [-0.05, 0) is 12.1 Å². The van der Waals surface area contributed by atoms with Crippen molar-refractivity contribution < 1.29 is 0 Å². The van der Waals surface area contributed by atoms with E-state index in [9.17, 15) is 0 Å². The lowest BCUT2D eigenvalue weighted by atomic mass is 10.4. The third kappa shape index (κ3) is 2.64. The molecule has 0 unspecified atom stereocenters. The number of pyridine rings is 1. The second-order valence-corrected chi connectivity index (χ2v) is 1.49. The predicted molar refractivity (Wildman–Crippen MR) is 49.2 cm³/mol. The Morgan fingerprint density at radius 1 is 1.56 bits per heavy atom. The first kappa shape index (κ1) is 8.68. The lowest BCUT2D eigenvalue weighted by molar-refractivity contribution is 1.31. The average Bonchev–Trinajstić information content (AvgIpc) is 1.90. The summed E-state index contributed by atoms with van der Waals surface area (Å²) in [4.78, 5) is 3.89. The zero-order valence-electron chi connectivity index (χ0n) is 5.16. The van der Waals surface area contributed by atoms with Crippen LogP contribution in [-0.4, -0.2) is 12.0 Å². The fraction of sp³-hybridized carbons (Fsp3) is 0.167. The van der Waals surface area contributed by atoms with Crippen molar-refractivity contribution in [3.05, 3.63) is 24.5 Å². The number of aromatic nitrogens is 1. The first-order chi connectivity index (χ1) is 3.93. The molecular formula is C6H9IN2. The van der Waals surface area contributed by atoms with Gasteiger partial charge in [0.25, 0.3) is 0 Å². The van der Waals surface area contributed by atoms with E-state index in [2.05, 4.69) is 10.3 Å². The van der Waals surface area contributed by atoms with Gasteiger partial charge in [0.15, 0.2) is 0 Å². The minimum atomic E-state index is 0. The molecule has 3 heteroatoms. The summed E-state index contributed by atoms with van der Waals surface area (Å²) < 4.78 is 0. The van der Waals surface area contributed by atoms with Crippen molar-refractivity contribution in [3.63, 3.8) is 0 Å². The molecule has 0 bridgehead atoms. The van der Waals surface area contributed by atoms with Crippen molar-refractivity contribution >= 4 is 29.7 Å². The monoisotopic (exact) mass is 236 g/mol. The highest BCUT2D eigenvalue weighted by Crippen LogP contribution is 1.98. The van der Waals surface area contributed by atoms with Crippen LogP contribution in [0.1, 0.15) is 0 Å². The highest BCUT2D eigenvalue weighted by Gasteiger charge is 1.79. The number of nitrogens with one attached hydrogen (secondary N) is 1. The molecule has 0 amide bonds. The molecule has 1 N–H and O–H groups in total. The second-order valence-electron chi connectivity index (χ2n) is 1.49. The Morgan fingerprint density at radius 3 is 2.67 bits per heavy atom. The Morgan fingerprint density at radius 2 is 2.33 bits per heavy atom. The smallest absolute Gasteiger partial charge is 0.0524 e. The van der Waals surface area contributed by atoms with E-state index in [1.165, 1.54) is 0 Å². The summed E-state index contributed by atoms with van der Waals surface area (Å²) in [5.74, 6) is 0. The molecule has 1 heterocycles. The van der Waals surface area contributed by atoms with Crippen LogP contribution in [0, 0.1) is 0 Å². The SMILES string of the molecule is CNc1cccnc1.I. The van der Waals surface area contributed by atoms with Gasteiger partial charge in [0.2, 0.25) is 0 Å². The van der Waals surface area contributed by atoms with Crippen LogP contribution in [-0.2, 0) is 0 Å². The molecule has 0 saturated carbocycles. The summed E-state index contributed by atoms with van der Waals surface area (Å²) in [7, 11) is 1.87. The Balaban J connectivity index is 0.000000640. The van der Waals surface area contributed by atoms with Gasteiger partial charge in [-0.3, -0.25) is 4.98 Å². The molecule has 1 rings (SSSR count). The predicted octanol–water partition coefficient (Wildman–Crippen LogP) is 1.74. The van der Waals surface area contributed by atoms with Crippen LogP contribution in [0.15, 0.2) is 24.5 Å². The Labute approximate surface area is 71.7 Å². The van der Waals surface area contributed by atoms with Gasteiger partial charge in [-0.2, -0.15) is 0 Å². The average molecular weight is 236 g/mol. The van der Waals surface area contributed by atoms with Crippen LogP contribution in [0.4, 0.5) is 5.69 Å². The van der Waals surface area contributed by atoms with Gasteiger partial charge in [0.1, 0.15) is 0 Å². The molecular weight excluding hydrogens is 227 g/mol. The van der Waals surface area contributed by atoms with E-state index in [1.807, 2.05) is 19.2 Å². The van der Waals surface area contributed by atoms with Gasteiger partial charge in [-0.15, -0.1) is 24.0 Å². The van der Waals surface area contributed by atoms with E-state index in [1.54, 1.807) is 12.4 Å². The van der Waals surface area contributed by atoms with E-state index >= 15 is 0 Å². The van der Waals surface area contributed by atoms with Crippen molar-refractivity contribution in [1.29, 1.82) is 0 Å². The molecule has 0 aromatic carbocycles. The van der Waals surface area contributed by atoms with Crippen LogP contribution in [0.3, 0.4) is 0 Å². The largest absolute Gasteiger partial charge is 0.387 e. The number of rotatable bonds is 1. The molecule has 0 aliphatic carbocycles. The van der Waals surface area contributed by atoms with Gasteiger partial charge in [-0.25, -0.2) is 0 Å². The fourth-order valence-corrected chi connectivity index (χ4v) is 0.511. The van der Waals surface area contributed by atoms with Crippen molar-refractivity contribution in [3.8, 4) is 0 Å². The highest BCUT2D eigenvalue weighted by molar-refractivity contribution is 14.0. The number of hydrogen-bond acceptors (Lipinski definition) is 2. The molecule has 1 aromatic heterocycles. The van der Waals surface area contributed by atoms with E-state index in [4.69, 9.17) is 0 Å². The number of halogens is 1. The molecule has 0 saturated heterocycles. The minimum Gasteiger partial charge on any atom is -0.387 e. The molecule has 0 spiro atoms. The van der Waals surface area contributed by atoms with Gasteiger partial charge >= 0.3 is 0 Å². The summed E-state index contributed by atoms with van der Waals surface area (Å²) in [6, 6.07) is 3.86. The minimum absolute atomic E-state index is 0. The molecule has 9 heavy (non-hydrogen) atoms. The molecule has 0 atom stereocenters. The molecule has 2 nitrogen and oxygen atoms in total. The quantitative estimate of drug-likeness (QED) is 0.751. The van der Waals surface area contributed by atoms with Crippen LogP contribution in [0.2, 0.25) is 0 Å². The van der Waals surface area contributed by atoms with Crippen LogP contribution in [0.5, 0.6) is 0 Å². The molecule has 1 aromatic rings. The van der Waals surface area contributed by atoms with Crippen molar-refractivity contribution in [2.45, 2.75) is 0 Å². The zero-order valence-corrected chi connectivity index (χ0v) is 7.50. The third-order valence-corrected chi connectivity index (χ3v) is 0.950. The summed E-state index contributed by atoms with van der Waals surface area (Å²) >= 11 is 0. The standard InChI is InChI=1S/C6H8N2.HI/c1-7-6-3-2-4-8-5-6;/h2-5,7H,1H3;1H. The molecule has 0 aliphatic heterocycles. The Bertz CT molecular complexity index is 152. The highest BCUT2D eigenvalue weighted by atomic mass is 127. The Hall–Kier alpha value is -0.320. The molecule has 50 valence electrons. The first-order valence-corrected chi connectivity index (χ1v) is 2.51. The summed E-state index contributed by atoms with van der Waals surface area (Å²) in [6.45, 7) is 0. The van der Waals surface area contributed by atoms with E-state index in [-0.39, 0.29) is 24.0 Å². The fourth-order valence-electron chi connectivity index (χ4n) is 0.511. The van der Waals surface area contributed by atoms with Gasteiger partial charge in [-0.1, -0.05) is 0 Å². The lowest BCUT2D eigenvalue weighted by Gasteiger charge is -1.93. The molecule has 0 aliphatic rings. The maximum Gasteiger partial charge on any atom is 0.0524 e. The van der Waals surface area contributed by atoms with Crippen molar-refractivity contribution in [2.75, 3.05) is 12.4 Å². The molecule has 0 radical (unpaired) electrons. The Kier molecular flexibility index (Phi) is 4.39. The maximum atomic E-state index is 3.89. The second kappa shape index (κ2) is 4.55. The molecule has 0 fully saturated rings.